The molecule has 2 rings (SSSR count). The van der Waals surface area contributed by atoms with Gasteiger partial charge in [-0.25, -0.2) is 8.42 Å². The Morgan fingerprint density at radius 1 is 1.44 bits per heavy atom. The van der Waals surface area contributed by atoms with Crippen molar-refractivity contribution >= 4 is 15.7 Å². The maximum absolute atomic E-state index is 12.4. The Bertz CT molecular complexity index is 530. The first-order valence-electron chi connectivity index (χ1n) is 5.88. The van der Waals surface area contributed by atoms with E-state index in [0.29, 0.717) is 12.3 Å². The highest BCUT2D eigenvalue weighted by molar-refractivity contribution is 7.89. The molecular weight excluding hydrogens is 252 g/mol. The van der Waals surface area contributed by atoms with Crippen LogP contribution in [-0.2, 0) is 14.8 Å². The largest absolute Gasteiger partial charge is 0.399 e. The lowest BCUT2D eigenvalue weighted by Gasteiger charge is -2.26. The third kappa shape index (κ3) is 2.36. The van der Waals surface area contributed by atoms with Crippen molar-refractivity contribution < 1.29 is 13.2 Å². The first-order chi connectivity index (χ1) is 8.43. The van der Waals surface area contributed by atoms with Crippen LogP contribution in [0.15, 0.2) is 29.2 Å². The molecule has 2 unspecified atom stereocenters. The first-order valence-corrected chi connectivity index (χ1v) is 7.32. The van der Waals surface area contributed by atoms with Crippen molar-refractivity contribution in [1.29, 1.82) is 0 Å². The van der Waals surface area contributed by atoms with Crippen molar-refractivity contribution in [1.82, 2.24) is 4.31 Å². The molecule has 100 valence electrons. The second-order valence-electron chi connectivity index (χ2n) is 4.53. The third-order valence-electron chi connectivity index (χ3n) is 3.34. The Labute approximate surface area is 108 Å². The molecule has 1 aliphatic rings. The molecule has 0 aliphatic carbocycles. The fourth-order valence-corrected chi connectivity index (χ4v) is 3.72. The zero-order valence-electron chi connectivity index (χ0n) is 10.5. The summed E-state index contributed by atoms with van der Waals surface area (Å²) in [5.74, 6) is 0. The number of ether oxygens (including phenoxy) is 1. The Balaban J connectivity index is 2.31. The molecule has 1 fully saturated rings. The van der Waals surface area contributed by atoms with Gasteiger partial charge in [-0.2, -0.15) is 4.31 Å². The van der Waals surface area contributed by atoms with Crippen LogP contribution >= 0.6 is 0 Å². The topological polar surface area (TPSA) is 72.6 Å². The van der Waals surface area contributed by atoms with Crippen molar-refractivity contribution in [3.63, 3.8) is 0 Å². The second-order valence-corrected chi connectivity index (χ2v) is 6.52. The molecule has 1 aliphatic heterocycles. The average molecular weight is 270 g/mol. The van der Waals surface area contributed by atoms with E-state index < -0.39 is 10.0 Å². The molecule has 1 aromatic carbocycles. The quantitative estimate of drug-likeness (QED) is 0.834. The Morgan fingerprint density at radius 3 is 2.72 bits per heavy atom. The number of anilines is 1. The molecule has 1 heterocycles. The van der Waals surface area contributed by atoms with Crippen molar-refractivity contribution in [2.24, 2.45) is 0 Å². The highest BCUT2D eigenvalue weighted by atomic mass is 32.2. The van der Waals surface area contributed by atoms with Gasteiger partial charge in [0.1, 0.15) is 0 Å². The van der Waals surface area contributed by atoms with Crippen molar-refractivity contribution in [3.05, 3.63) is 24.3 Å². The van der Waals surface area contributed by atoms with Crippen LogP contribution in [0.2, 0.25) is 0 Å². The maximum Gasteiger partial charge on any atom is 0.243 e. The van der Waals surface area contributed by atoms with E-state index in [0.717, 1.165) is 6.42 Å². The van der Waals surface area contributed by atoms with E-state index in [9.17, 15) is 8.42 Å². The fraction of sp³-hybridized carbons (Fsp3) is 0.500. The second kappa shape index (κ2) is 4.87. The molecule has 2 atom stereocenters. The number of nitrogen functional groups attached to an aromatic ring is 1. The van der Waals surface area contributed by atoms with E-state index in [2.05, 4.69) is 0 Å². The molecule has 0 radical (unpaired) electrons. The number of rotatable bonds is 3. The number of benzene rings is 1. The van der Waals surface area contributed by atoms with Crippen molar-refractivity contribution in [2.75, 3.05) is 19.4 Å². The minimum absolute atomic E-state index is 0.0779. The molecule has 6 heteroatoms. The highest BCUT2D eigenvalue weighted by Gasteiger charge is 2.35. The maximum atomic E-state index is 12.4. The Morgan fingerprint density at radius 2 is 2.17 bits per heavy atom. The number of hydrogen-bond donors (Lipinski definition) is 1. The van der Waals surface area contributed by atoms with Crippen LogP contribution in [0.3, 0.4) is 0 Å². The summed E-state index contributed by atoms with van der Waals surface area (Å²) in [6.45, 7) is 2.49. The van der Waals surface area contributed by atoms with E-state index in [1.807, 2.05) is 6.92 Å². The van der Waals surface area contributed by atoms with Gasteiger partial charge in [0.15, 0.2) is 0 Å². The smallest absolute Gasteiger partial charge is 0.243 e. The molecule has 0 bridgehead atoms. The lowest BCUT2D eigenvalue weighted by atomic mass is 10.2. The van der Waals surface area contributed by atoms with Crippen LogP contribution in [-0.4, -0.2) is 38.5 Å². The molecule has 0 aromatic heterocycles. The summed E-state index contributed by atoms with van der Waals surface area (Å²) in [4.78, 5) is 0.226. The van der Waals surface area contributed by atoms with E-state index in [4.69, 9.17) is 10.5 Å². The average Bonchev–Trinajstić information content (AvgIpc) is 2.74. The molecule has 0 spiro atoms. The lowest BCUT2D eigenvalue weighted by Crippen LogP contribution is -2.40. The monoisotopic (exact) mass is 270 g/mol. The summed E-state index contributed by atoms with van der Waals surface area (Å²) >= 11 is 0. The Hall–Kier alpha value is -1.11. The van der Waals surface area contributed by atoms with Crippen LogP contribution in [0.25, 0.3) is 0 Å². The van der Waals surface area contributed by atoms with Gasteiger partial charge in [0.05, 0.1) is 17.0 Å². The molecule has 0 amide bonds. The predicted molar refractivity (Wildman–Crippen MR) is 69.6 cm³/mol. The van der Waals surface area contributed by atoms with E-state index in [1.54, 1.807) is 25.2 Å². The number of hydrogen-bond acceptors (Lipinski definition) is 4. The van der Waals surface area contributed by atoms with Crippen LogP contribution in [0.5, 0.6) is 0 Å². The van der Waals surface area contributed by atoms with E-state index >= 15 is 0 Å². The van der Waals surface area contributed by atoms with Gasteiger partial charge in [-0.15, -0.1) is 0 Å². The zero-order chi connectivity index (χ0) is 13.3. The fourth-order valence-electron chi connectivity index (χ4n) is 2.22. The van der Waals surface area contributed by atoms with Crippen LogP contribution in [0.1, 0.15) is 13.3 Å². The van der Waals surface area contributed by atoms with Crippen LogP contribution < -0.4 is 5.73 Å². The standard InChI is InChI=1S/C12H18N2O3S/c1-9-12(6-7-17-9)14(2)18(15,16)11-5-3-4-10(13)8-11/h3-5,8-9,12H,6-7,13H2,1-2H3. The normalized spacial score (nSPS) is 24.6. The first kappa shape index (κ1) is 13.3. The van der Waals surface area contributed by atoms with Crippen LogP contribution in [0.4, 0.5) is 5.69 Å². The van der Waals surface area contributed by atoms with Gasteiger partial charge in [-0.1, -0.05) is 6.07 Å². The number of nitrogens with zero attached hydrogens (tertiary/aromatic N) is 1. The lowest BCUT2D eigenvalue weighted by molar-refractivity contribution is 0.102. The summed E-state index contributed by atoms with van der Waals surface area (Å²) in [6, 6.07) is 6.23. The highest BCUT2D eigenvalue weighted by Crippen LogP contribution is 2.25. The van der Waals surface area contributed by atoms with Gasteiger partial charge >= 0.3 is 0 Å². The summed E-state index contributed by atoms with van der Waals surface area (Å²) in [7, 11) is -1.91. The molecule has 2 N–H and O–H groups in total. The van der Waals surface area contributed by atoms with Gasteiger partial charge in [0, 0.05) is 19.3 Å². The minimum Gasteiger partial charge on any atom is -0.399 e. The molecule has 0 saturated carbocycles. The summed E-state index contributed by atoms with van der Waals surface area (Å²) in [5.41, 5.74) is 6.07. The predicted octanol–water partition coefficient (Wildman–Crippen LogP) is 1.07. The molecule has 1 aromatic rings. The summed E-state index contributed by atoms with van der Waals surface area (Å²) in [6.07, 6.45) is 0.644. The van der Waals surface area contributed by atoms with Gasteiger partial charge in [-0.3, -0.25) is 0 Å². The van der Waals surface area contributed by atoms with Crippen molar-refractivity contribution in [2.45, 2.75) is 30.4 Å². The van der Waals surface area contributed by atoms with Crippen molar-refractivity contribution in [3.8, 4) is 0 Å². The number of nitrogens with two attached hydrogens (primary N) is 1. The minimum atomic E-state index is -3.50. The van der Waals surface area contributed by atoms with E-state index in [-0.39, 0.29) is 17.0 Å². The molecular formula is C12H18N2O3S. The van der Waals surface area contributed by atoms with Gasteiger partial charge in [-0.05, 0) is 31.5 Å². The molecule has 5 nitrogen and oxygen atoms in total. The summed E-state index contributed by atoms with van der Waals surface area (Å²) < 4.78 is 31.7. The SMILES string of the molecule is CC1OCCC1N(C)S(=O)(=O)c1cccc(N)c1. The van der Waals surface area contributed by atoms with Gasteiger partial charge < -0.3 is 10.5 Å². The van der Waals surface area contributed by atoms with Crippen LogP contribution in [0, 0.1) is 0 Å². The molecule has 1 saturated heterocycles. The molecule has 18 heavy (non-hydrogen) atoms. The Kier molecular flexibility index (Phi) is 3.61. The summed E-state index contributed by atoms with van der Waals surface area (Å²) in [5, 5.41) is 0. The van der Waals surface area contributed by atoms with Gasteiger partial charge in [0.25, 0.3) is 0 Å². The van der Waals surface area contributed by atoms with E-state index in [1.165, 1.54) is 10.4 Å². The number of likely N-dealkylation sites (N-methyl/N-ethyl adjacent to an activating group) is 1. The number of sulfonamides is 1. The zero-order valence-corrected chi connectivity index (χ0v) is 11.4. The third-order valence-corrected chi connectivity index (χ3v) is 5.22. The van der Waals surface area contributed by atoms with Gasteiger partial charge in [0.2, 0.25) is 10.0 Å².